The van der Waals surface area contributed by atoms with Gasteiger partial charge in [0, 0.05) is 34.6 Å². The number of H-pyrrole nitrogens is 1. The maximum Gasteiger partial charge on any atom is 0.270 e. The van der Waals surface area contributed by atoms with E-state index in [2.05, 4.69) is 46.9 Å². The van der Waals surface area contributed by atoms with E-state index in [0.29, 0.717) is 30.3 Å². The Kier molecular flexibility index (Phi) is 5.93. The average molecular weight is 541 g/mol. The molecule has 1 aromatic carbocycles. The number of benzene rings is 1. The summed E-state index contributed by atoms with van der Waals surface area (Å²) in [5.41, 5.74) is 5.84. The Morgan fingerprint density at radius 2 is 2.00 bits per heavy atom. The molecule has 2 aromatic heterocycles. The van der Waals surface area contributed by atoms with Gasteiger partial charge in [-0.3, -0.25) is 4.79 Å². The van der Waals surface area contributed by atoms with Crippen LogP contribution in [0.1, 0.15) is 28.8 Å². The van der Waals surface area contributed by atoms with Gasteiger partial charge in [-0.2, -0.15) is 5.21 Å². The largest absolute Gasteiger partial charge is 0.472 e. The molecule has 1 aliphatic heterocycles. The van der Waals surface area contributed by atoms with Gasteiger partial charge in [0.1, 0.15) is 11.5 Å². The fourth-order valence-corrected chi connectivity index (χ4v) is 5.27. The van der Waals surface area contributed by atoms with Gasteiger partial charge >= 0.3 is 0 Å². The number of fused-ring (bicyclic) bond motifs is 1. The van der Waals surface area contributed by atoms with E-state index in [1.165, 1.54) is 0 Å². The molecule has 3 aromatic rings. The second-order valence-corrected chi connectivity index (χ2v) is 8.67. The van der Waals surface area contributed by atoms with E-state index in [-0.39, 0.29) is 11.1 Å². The number of carbonyl (C=O) groups is 1. The van der Waals surface area contributed by atoms with E-state index in [1.807, 2.05) is 41.8 Å². The van der Waals surface area contributed by atoms with Crippen LogP contribution in [-0.2, 0) is 13.0 Å². The summed E-state index contributed by atoms with van der Waals surface area (Å²) in [5, 5.41) is 17.4. The number of aromatic amines is 1. The molecule has 3 heterocycles. The van der Waals surface area contributed by atoms with Crippen molar-refractivity contribution in [1.29, 1.82) is 0 Å². The summed E-state index contributed by atoms with van der Waals surface area (Å²) in [4.78, 5) is 17.1. The van der Waals surface area contributed by atoms with Crippen molar-refractivity contribution >= 4 is 33.4 Å². The van der Waals surface area contributed by atoms with Crippen LogP contribution in [0.4, 0.5) is 0 Å². The molecule has 0 unspecified atom stereocenters. The van der Waals surface area contributed by atoms with Crippen LogP contribution in [0.5, 0.6) is 0 Å². The van der Waals surface area contributed by atoms with Crippen LogP contribution >= 0.6 is 27.5 Å². The summed E-state index contributed by atoms with van der Waals surface area (Å²) >= 11 is 10.2. The van der Waals surface area contributed by atoms with Crippen LogP contribution < -0.4 is 5.32 Å². The lowest BCUT2D eigenvalue weighted by atomic mass is 9.97. The Morgan fingerprint density at radius 3 is 2.71 bits per heavy atom. The average Bonchev–Trinajstić information content (AvgIpc) is 3.57. The summed E-state index contributed by atoms with van der Waals surface area (Å²) in [7, 11) is 1.57. The normalized spacial score (nSPS) is 11.3. The number of hydrogen-bond donors (Lipinski definition) is 2. The fourth-order valence-electron chi connectivity index (χ4n) is 4.22. The van der Waals surface area contributed by atoms with E-state index in [0.717, 1.165) is 37.9 Å². The topological polar surface area (TPSA) is 115 Å². The van der Waals surface area contributed by atoms with Crippen molar-refractivity contribution < 1.29 is 9.21 Å². The number of halogens is 2. The number of nitrogens with zero attached hydrogens (tertiary/aromatic N) is 5. The quantitative estimate of drug-likeness (QED) is 0.319. The second kappa shape index (κ2) is 9.03. The highest BCUT2D eigenvalue weighted by atomic mass is 79.9. The van der Waals surface area contributed by atoms with Crippen LogP contribution in [0.3, 0.4) is 0 Å². The minimum atomic E-state index is -0.295. The molecular weight excluding hydrogens is 522 g/mol. The molecule has 34 heavy (non-hydrogen) atoms. The third-order valence-corrected chi connectivity index (χ3v) is 6.82. The molecule has 1 amide bonds. The lowest BCUT2D eigenvalue weighted by Crippen LogP contribution is -2.23. The number of nitrogens with one attached hydrogen (secondary N) is 2. The highest BCUT2D eigenvalue weighted by Crippen LogP contribution is 2.48. The van der Waals surface area contributed by atoms with Crippen molar-refractivity contribution in [2.45, 2.75) is 19.9 Å². The summed E-state index contributed by atoms with van der Waals surface area (Å²) < 4.78 is 8.21. The molecule has 1 aliphatic carbocycles. The van der Waals surface area contributed by atoms with Crippen molar-refractivity contribution in [2.24, 2.45) is 0 Å². The van der Waals surface area contributed by atoms with Crippen molar-refractivity contribution in [3.8, 4) is 33.6 Å². The highest BCUT2D eigenvalue weighted by molar-refractivity contribution is 9.10. The molecule has 11 heteroatoms. The minimum Gasteiger partial charge on any atom is -0.472 e. The van der Waals surface area contributed by atoms with Gasteiger partial charge in [-0.1, -0.05) is 42.8 Å². The van der Waals surface area contributed by atoms with Gasteiger partial charge < -0.3 is 14.3 Å². The molecule has 9 nitrogen and oxygen atoms in total. The predicted molar refractivity (Wildman–Crippen MR) is 131 cm³/mol. The number of aromatic nitrogens is 6. The lowest BCUT2D eigenvalue weighted by Gasteiger charge is -2.15. The highest BCUT2D eigenvalue weighted by Gasteiger charge is 2.28. The Bertz CT molecular complexity index is 1460. The molecule has 0 bridgehead atoms. The molecule has 0 saturated heterocycles. The molecule has 0 atom stereocenters. The van der Waals surface area contributed by atoms with Crippen LogP contribution in [-0.4, -0.2) is 43.1 Å². The Hall–Kier alpha value is -3.50. The van der Waals surface area contributed by atoms with Crippen LogP contribution in [0, 0.1) is 0 Å². The first-order chi connectivity index (χ1) is 16.5. The molecule has 0 radical (unpaired) electrons. The lowest BCUT2D eigenvalue weighted by molar-refractivity contribution is 0.0954. The monoisotopic (exact) mass is 539 g/mol. The standard InChI is InChI=1S/C23H19BrClN7O2/c1-3-17-27-21(25)20(23(33)26-2)32(17)10-15-12-8-9-34-11-16(12)19(24)18(15)13-6-4-5-7-14(13)22-28-30-31-29-22/h4-9,11H,3,10H2,1-2H3,(H,26,33)(H,28,29,30,31). The van der Waals surface area contributed by atoms with E-state index < -0.39 is 0 Å². The Balaban J connectivity index is 1.78. The van der Waals surface area contributed by atoms with Gasteiger partial charge in [-0.15, -0.1) is 10.2 Å². The number of rotatable bonds is 6. The third-order valence-electron chi connectivity index (χ3n) is 5.73. The fraction of sp³-hybridized carbons (Fsp3) is 0.174. The first-order valence-electron chi connectivity index (χ1n) is 10.5. The number of carbonyl (C=O) groups excluding carboxylic acids is 1. The molecule has 172 valence electrons. The van der Waals surface area contributed by atoms with Crippen LogP contribution in [0.2, 0.25) is 5.15 Å². The van der Waals surface area contributed by atoms with Crippen molar-refractivity contribution in [2.75, 3.05) is 7.05 Å². The molecule has 0 fully saturated rings. The first-order valence-corrected chi connectivity index (χ1v) is 11.7. The maximum atomic E-state index is 12.7. The molecular formula is C23H19BrClN7O2. The number of tetrazole rings is 1. The van der Waals surface area contributed by atoms with E-state index in [9.17, 15) is 4.79 Å². The smallest absolute Gasteiger partial charge is 0.270 e. The van der Waals surface area contributed by atoms with Crippen molar-refractivity contribution in [1.82, 2.24) is 35.5 Å². The number of aryl methyl sites for hydroxylation is 1. The van der Waals surface area contributed by atoms with Crippen LogP contribution in [0.25, 0.3) is 33.6 Å². The van der Waals surface area contributed by atoms with E-state index in [4.69, 9.17) is 16.0 Å². The molecule has 0 spiro atoms. The van der Waals surface area contributed by atoms with Gasteiger partial charge in [0.05, 0.1) is 19.1 Å². The van der Waals surface area contributed by atoms with Gasteiger partial charge in [0.2, 0.25) is 5.82 Å². The van der Waals surface area contributed by atoms with Gasteiger partial charge in [0.15, 0.2) is 5.15 Å². The number of amides is 1. The summed E-state index contributed by atoms with van der Waals surface area (Å²) in [5.74, 6) is 0.900. The van der Waals surface area contributed by atoms with E-state index in [1.54, 1.807) is 19.6 Å². The zero-order valence-electron chi connectivity index (χ0n) is 18.3. The minimum absolute atomic E-state index is 0.176. The predicted octanol–water partition coefficient (Wildman–Crippen LogP) is 4.81. The second-order valence-electron chi connectivity index (χ2n) is 7.52. The molecule has 2 aliphatic rings. The molecule has 0 saturated carbocycles. The zero-order chi connectivity index (χ0) is 23.8. The summed E-state index contributed by atoms with van der Waals surface area (Å²) in [6, 6.07) is 9.75. The van der Waals surface area contributed by atoms with Gasteiger partial charge in [0.25, 0.3) is 5.91 Å². The zero-order valence-corrected chi connectivity index (χ0v) is 20.6. The third kappa shape index (κ3) is 3.59. The van der Waals surface area contributed by atoms with Gasteiger partial charge in [-0.25, -0.2) is 4.98 Å². The molecule has 2 N–H and O–H groups in total. The Morgan fingerprint density at radius 1 is 1.21 bits per heavy atom. The van der Waals surface area contributed by atoms with Crippen LogP contribution in [0.15, 0.2) is 51.7 Å². The first kappa shape index (κ1) is 22.3. The van der Waals surface area contributed by atoms with Gasteiger partial charge in [-0.05, 0) is 43.9 Å². The summed E-state index contributed by atoms with van der Waals surface area (Å²) in [6.07, 6.45) is 3.94. The summed E-state index contributed by atoms with van der Waals surface area (Å²) in [6.45, 7) is 2.35. The SMILES string of the molecule is CCc1nc(Cl)c(C(=O)NC)n1Cc1c2ccocc-2c(Br)c1-c1ccccc1-c1nn[nH]n1. The molecule has 5 rings (SSSR count). The Labute approximate surface area is 208 Å². The number of hydrogen-bond acceptors (Lipinski definition) is 6. The van der Waals surface area contributed by atoms with Crippen molar-refractivity contribution in [3.05, 3.63) is 69.6 Å². The van der Waals surface area contributed by atoms with E-state index >= 15 is 0 Å². The maximum absolute atomic E-state index is 12.7. The number of imidazole rings is 1. The van der Waals surface area contributed by atoms with Crippen molar-refractivity contribution in [3.63, 3.8) is 0 Å².